The Morgan fingerprint density at radius 2 is 2.11 bits per heavy atom. The third kappa shape index (κ3) is 2.45. The van der Waals surface area contributed by atoms with Gasteiger partial charge in [-0.2, -0.15) is 0 Å². The van der Waals surface area contributed by atoms with E-state index in [9.17, 15) is 0 Å². The monoisotopic (exact) mass is 259 g/mol. The van der Waals surface area contributed by atoms with Crippen LogP contribution in [0, 0.1) is 5.41 Å². The van der Waals surface area contributed by atoms with Gasteiger partial charge >= 0.3 is 0 Å². The van der Waals surface area contributed by atoms with Crippen LogP contribution in [-0.2, 0) is 6.54 Å². The molecule has 3 rings (SSSR count). The van der Waals surface area contributed by atoms with E-state index in [-0.39, 0.29) is 0 Å². The molecule has 2 aromatic rings. The van der Waals surface area contributed by atoms with Crippen molar-refractivity contribution in [1.29, 1.82) is 0 Å². The molecule has 0 atom stereocenters. The van der Waals surface area contributed by atoms with Gasteiger partial charge in [-0.05, 0) is 47.1 Å². The second kappa shape index (κ2) is 5.02. The van der Waals surface area contributed by atoms with Gasteiger partial charge in [0.25, 0.3) is 0 Å². The highest BCUT2D eigenvalue weighted by Crippen LogP contribution is 2.48. The smallest absolute Gasteiger partial charge is 0.0346 e. The fourth-order valence-corrected chi connectivity index (χ4v) is 3.82. The summed E-state index contributed by atoms with van der Waals surface area (Å²) in [5.74, 6) is 0. The second-order valence-electron chi connectivity index (χ2n) is 5.61. The molecule has 0 amide bonds. The summed E-state index contributed by atoms with van der Waals surface area (Å²) >= 11 is 1.86. The lowest BCUT2D eigenvalue weighted by atomic mass is 10.0. The van der Waals surface area contributed by atoms with Crippen molar-refractivity contribution in [2.45, 2.75) is 39.2 Å². The SMILES string of the molecule is CCCC1(CNCc2csc3ccccc23)CC1. The summed E-state index contributed by atoms with van der Waals surface area (Å²) in [5, 5.41) is 7.40. The summed E-state index contributed by atoms with van der Waals surface area (Å²) < 4.78 is 1.41. The third-order valence-electron chi connectivity index (χ3n) is 4.11. The fraction of sp³-hybridized carbons (Fsp3) is 0.500. The maximum absolute atomic E-state index is 3.67. The van der Waals surface area contributed by atoms with Crippen molar-refractivity contribution < 1.29 is 0 Å². The molecule has 18 heavy (non-hydrogen) atoms. The normalized spacial score (nSPS) is 17.2. The summed E-state index contributed by atoms with van der Waals surface area (Å²) in [6, 6.07) is 8.71. The van der Waals surface area contributed by atoms with E-state index in [2.05, 4.69) is 41.9 Å². The van der Waals surface area contributed by atoms with Crippen LogP contribution in [0.2, 0.25) is 0 Å². The van der Waals surface area contributed by atoms with Crippen LogP contribution in [0.3, 0.4) is 0 Å². The summed E-state index contributed by atoms with van der Waals surface area (Å²) in [6.07, 6.45) is 5.57. The van der Waals surface area contributed by atoms with Gasteiger partial charge in [0.15, 0.2) is 0 Å². The van der Waals surface area contributed by atoms with E-state index in [0.29, 0.717) is 5.41 Å². The van der Waals surface area contributed by atoms with Crippen LogP contribution < -0.4 is 5.32 Å². The van der Waals surface area contributed by atoms with Gasteiger partial charge in [0.05, 0.1) is 0 Å². The van der Waals surface area contributed by atoms with Gasteiger partial charge in [0.2, 0.25) is 0 Å². The highest BCUT2D eigenvalue weighted by atomic mass is 32.1. The predicted molar refractivity (Wildman–Crippen MR) is 80.1 cm³/mol. The molecular formula is C16H21NS. The molecule has 0 saturated heterocycles. The van der Waals surface area contributed by atoms with Crippen molar-refractivity contribution in [1.82, 2.24) is 5.32 Å². The highest BCUT2D eigenvalue weighted by Gasteiger charge is 2.40. The number of hydrogen-bond donors (Lipinski definition) is 1. The van der Waals surface area contributed by atoms with E-state index < -0.39 is 0 Å². The Bertz CT molecular complexity index is 525. The molecule has 0 aliphatic heterocycles. The minimum atomic E-state index is 0.653. The molecule has 1 fully saturated rings. The Hall–Kier alpha value is -0.860. The summed E-state index contributed by atoms with van der Waals surface area (Å²) in [4.78, 5) is 0. The minimum absolute atomic E-state index is 0.653. The van der Waals surface area contributed by atoms with E-state index >= 15 is 0 Å². The Morgan fingerprint density at radius 3 is 2.89 bits per heavy atom. The first-order valence-corrected chi connectivity index (χ1v) is 7.87. The molecule has 1 aliphatic carbocycles. The van der Waals surface area contributed by atoms with Crippen molar-refractivity contribution >= 4 is 21.4 Å². The van der Waals surface area contributed by atoms with Gasteiger partial charge in [-0.25, -0.2) is 0 Å². The standard InChI is InChI=1S/C16H21NS/c1-2-7-16(8-9-16)12-17-10-13-11-18-15-6-4-3-5-14(13)15/h3-6,11,17H,2,7-10,12H2,1H3. The van der Waals surface area contributed by atoms with E-state index in [0.717, 1.165) is 6.54 Å². The van der Waals surface area contributed by atoms with E-state index in [1.165, 1.54) is 47.9 Å². The number of hydrogen-bond acceptors (Lipinski definition) is 2. The van der Waals surface area contributed by atoms with Crippen molar-refractivity contribution in [3.63, 3.8) is 0 Å². The average Bonchev–Trinajstić information content (AvgIpc) is 3.02. The summed E-state index contributed by atoms with van der Waals surface area (Å²) in [5.41, 5.74) is 2.11. The number of fused-ring (bicyclic) bond motifs is 1. The van der Waals surface area contributed by atoms with Crippen molar-refractivity contribution in [3.05, 3.63) is 35.2 Å². The zero-order valence-electron chi connectivity index (χ0n) is 11.0. The molecule has 1 aromatic heterocycles. The molecule has 0 unspecified atom stereocenters. The highest BCUT2D eigenvalue weighted by molar-refractivity contribution is 7.17. The minimum Gasteiger partial charge on any atom is -0.312 e. The second-order valence-corrected chi connectivity index (χ2v) is 6.52. The molecule has 2 heteroatoms. The first-order valence-electron chi connectivity index (χ1n) is 6.99. The quantitative estimate of drug-likeness (QED) is 0.801. The van der Waals surface area contributed by atoms with Crippen LogP contribution in [0.15, 0.2) is 29.6 Å². The van der Waals surface area contributed by atoms with Crippen LogP contribution in [0.5, 0.6) is 0 Å². The average molecular weight is 259 g/mol. The van der Waals surface area contributed by atoms with E-state index in [1.54, 1.807) is 0 Å². The largest absolute Gasteiger partial charge is 0.312 e. The van der Waals surface area contributed by atoms with Crippen molar-refractivity contribution in [2.75, 3.05) is 6.54 Å². The Balaban J connectivity index is 1.60. The molecule has 0 bridgehead atoms. The summed E-state index contributed by atoms with van der Waals surface area (Å²) in [6.45, 7) is 4.52. The Kier molecular flexibility index (Phi) is 3.40. The van der Waals surface area contributed by atoms with Crippen molar-refractivity contribution in [3.8, 4) is 0 Å². The molecule has 1 aromatic carbocycles. The predicted octanol–water partition coefficient (Wildman–Crippen LogP) is 4.57. The molecular weight excluding hydrogens is 238 g/mol. The van der Waals surface area contributed by atoms with Crippen LogP contribution >= 0.6 is 11.3 Å². The van der Waals surface area contributed by atoms with Gasteiger partial charge in [-0.15, -0.1) is 11.3 Å². The van der Waals surface area contributed by atoms with Crippen LogP contribution in [0.1, 0.15) is 38.2 Å². The zero-order valence-corrected chi connectivity index (χ0v) is 11.9. The number of benzene rings is 1. The first-order chi connectivity index (χ1) is 8.83. The molecule has 1 N–H and O–H groups in total. The molecule has 1 aliphatic rings. The van der Waals surface area contributed by atoms with Gasteiger partial charge < -0.3 is 5.32 Å². The molecule has 1 nitrogen and oxygen atoms in total. The van der Waals surface area contributed by atoms with Gasteiger partial charge in [0, 0.05) is 17.8 Å². The van der Waals surface area contributed by atoms with Crippen LogP contribution in [0.25, 0.3) is 10.1 Å². The zero-order chi connectivity index (χ0) is 12.4. The Labute approximate surface area is 113 Å². The topological polar surface area (TPSA) is 12.0 Å². The van der Waals surface area contributed by atoms with Gasteiger partial charge in [-0.1, -0.05) is 31.5 Å². The van der Waals surface area contributed by atoms with E-state index in [4.69, 9.17) is 0 Å². The maximum Gasteiger partial charge on any atom is 0.0346 e. The Morgan fingerprint density at radius 1 is 1.28 bits per heavy atom. The molecule has 0 radical (unpaired) electrons. The molecule has 96 valence electrons. The fourth-order valence-electron chi connectivity index (χ4n) is 2.85. The lowest BCUT2D eigenvalue weighted by Gasteiger charge is -2.14. The van der Waals surface area contributed by atoms with Crippen molar-refractivity contribution in [2.24, 2.45) is 5.41 Å². The van der Waals surface area contributed by atoms with Crippen LogP contribution in [0.4, 0.5) is 0 Å². The van der Waals surface area contributed by atoms with Crippen LogP contribution in [-0.4, -0.2) is 6.54 Å². The summed E-state index contributed by atoms with van der Waals surface area (Å²) in [7, 11) is 0. The molecule has 0 spiro atoms. The lowest BCUT2D eigenvalue weighted by molar-refractivity contribution is 0.421. The van der Waals surface area contributed by atoms with E-state index in [1.807, 2.05) is 11.3 Å². The van der Waals surface area contributed by atoms with Gasteiger partial charge in [0.1, 0.15) is 0 Å². The number of nitrogens with one attached hydrogen (secondary N) is 1. The third-order valence-corrected chi connectivity index (χ3v) is 5.13. The first kappa shape index (κ1) is 12.2. The molecule has 1 heterocycles. The number of thiophene rings is 1. The lowest BCUT2D eigenvalue weighted by Crippen LogP contribution is -2.23. The van der Waals surface area contributed by atoms with Gasteiger partial charge in [-0.3, -0.25) is 0 Å². The molecule has 1 saturated carbocycles. The number of rotatable bonds is 6. The maximum atomic E-state index is 3.67.